The van der Waals surface area contributed by atoms with Crippen molar-refractivity contribution in [2.75, 3.05) is 12.4 Å². The van der Waals surface area contributed by atoms with E-state index in [2.05, 4.69) is 32.6 Å². The zero-order valence-corrected chi connectivity index (χ0v) is 17.2. The number of benzene rings is 2. The molecule has 8 heteroatoms. The standard InChI is InChI=1S/C22H20N4O3S/c1-28-17-9-7-16(8-10-17)21-25-20(29-26-21)12-11-19(27)24-22-23-14-18(30-22)13-15-5-3-2-4-6-15/h2-10,14H,11-13H2,1H3,(H,23,24,27). The summed E-state index contributed by atoms with van der Waals surface area (Å²) in [7, 11) is 1.61. The van der Waals surface area contributed by atoms with Crippen LogP contribution in [0.3, 0.4) is 0 Å². The summed E-state index contributed by atoms with van der Waals surface area (Å²) >= 11 is 1.48. The molecule has 1 amide bonds. The van der Waals surface area contributed by atoms with Gasteiger partial charge in [0.05, 0.1) is 7.11 Å². The number of hydrogen-bond acceptors (Lipinski definition) is 7. The lowest BCUT2D eigenvalue weighted by Crippen LogP contribution is -2.12. The second kappa shape index (κ2) is 9.32. The minimum absolute atomic E-state index is 0.139. The zero-order chi connectivity index (χ0) is 20.8. The van der Waals surface area contributed by atoms with Gasteiger partial charge in [-0.25, -0.2) is 4.98 Å². The molecule has 4 rings (SSSR count). The third kappa shape index (κ3) is 5.09. The first-order chi connectivity index (χ1) is 14.7. The summed E-state index contributed by atoms with van der Waals surface area (Å²) in [6, 6.07) is 17.5. The fourth-order valence-electron chi connectivity index (χ4n) is 2.86. The predicted octanol–water partition coefficient (Wildman–Crippen LogP) is 4.36. The molecule has 0 unspecified atom stereocenters. The summed E-state index contributed by atoms with van der Waals surface area (Å²) in [4.78, 5) is 22.0. The topological polar surface area (TPSA) is 90.1 Å². The molecule has 4 aromatic rings. The second-order valence-corrected chi connectivity index (χ2v) is 7.70. The Morgan fingerprint density at radius 2 is 1.93 bits per heavy atom. The Labute approximate surface area is 177 Å². The van der Waals surface area contributed by atoms with Crippen LogP contribution in [0.4, 0.5) is 5.13 Å². The third-order valence-corrected chi connectivity index (χ3v) is 5.32. The molecule has 0 atom stereocenters. The summed E-state index contributed by atoms with van der Waals surface area (Å²) < 4.78 is 10.4. The Balaban J connectivity index is 1.28. The molecule has 0 aliphatic rings. The highest BCUT2D eigenvalue weighted by molar-refractivity contribution is 7.15. The predicted molar refractivity (Wildman–Crippen MR) is 115 cm³/mol. The van der Waals surface area contributed by atoms with E-state index in [4.69, 9.17) is 9.26 Å². The van der Waals surface area contributed by atoms with E-state index in [1.54, 1.807) is 13.3 Å². The van der Waals surface area contributed by atoms with Crippen molar-refractivity contribution in [3.8, 4) is 17.1 Å². The number of amides is 1. The van der Waals surface area contributed by atoms with Gasteiger partial charge in [-0.2, -0.15) is 4.98 Å². The van der Waals surface area contributed by atoms with Crippen LogP contribution in [0.25, 0.3) is 11.4 Å². The van der Waals surface area contributed by atoms with Gasteiger partial charge in [0.1, 0.15) is 5.75 Å². The van der Waals surface area contributed by atoms with Crippen LogP contribution >= 0.6 is 11.3 Å². The quantitative estimate of drug-likeness (QED) is 0.455. The number of hydrogen-bond donors (Lipinski definition) is 1. The normalized spacial score (nSPS) is 10.7. The van der Waals surface area contributed by atoms with Gasteiger partial charge in [0.2, 0.25) is 17.6 Å². The van der Waals surface area contributed by atoms with Gasteiger partial charge in [0.25, 0.3) is 0 Å². The molecule has 0 aliphatic heterocycles. The molecule has 0 fully saturated rings. The molecule has 2 aromatic carbocycles. The van der Waals surface area contributed by atoms with Crippen LogP contribution in [0.15, 0.2) is 65.3 Å². The fourth-order valence-corrected chi connectivity index (χ4v) is 3.72. The Kier molecular flexibility index (Phi) is 6.14. The number of anilines is 1. The van der Waals surface area contributed by atoms with Gasteiger partial charge in [-0.15, -0.1) is 11.3 Å². The summed E-state index contributed by atoms with van der Waals surface area (Å²) in [6.07, 6.45) is 3.19. The molecular weight excluding hydrogens is 400 g/mol. The molecule has 30 heavy (non-hydrogen) atoms. The van der Waals surface area contributed by atoms with Gasteiger partial charge in [-0.1, -0.05) is 35.5 Å². The maximum Gasteiger partial charge on any atom is 0.227 e. The lowest BCUT2D eigenvalue weighted by molar-refractivity contribution is -0.116. The van der Waals surface area contributed by atoms with Gasteiger partial charge in [-0.3, -0.25) is 4.79 Å². The number of ether oxygens (including phenoxy) is 1. The Morgan fingerprint density at radius 3 is 2.70 bits per heavy atom. The highest BCUT2D eigenvalue weighted by atomic mass is 32.1. The molecule has 0 aliphatic carbocycles. The smallest absolute Gasteiger partial charge is 0.227 e. The maximum absolute atomic E-state index is 12.3. The number of aryl methyl sites for hydroxylation is 1. The van der Waals surface area contributed by atoms with Crippen molar-refractivity contribution in [3.05, 3.63) is 77.1 Å². The number of nitrogens with zero attached hydrogens (tertiary/aromatic N) is 3. The fraction of sp³-hybridized carbons (Fsp3) is 0.182. The van der Waals surface area contributed by atoms with Crippen LogP contribution in [0, 0.1) is 0 Å². The van der Waals surface area contributed by atoms with Gasteiger partial charge in [0.15, 0.2) is 5.13 Å². The van der Waals surface area contributed by atoms with Crippen LogP contribution in [0.1, 0.15) is 22.8 Å². The molecule has 1 N–H and O–H groups in total. The summed E-state index contributed by atoms with van der Waals surface area (Å²) in [5.74, 6) is 1.52. The molecular formula is C22H20N4O3S. The van der Waals surface area contributed by atoms with Crippen LogP contribution in [0.5, 0.6) is 5.75 Å². The van der Waals surface area contributed by atoms with E-state index in [1.165, 1.54) is 16.9 Å². The lowest BCUT2D eigenvalue weighted by Gasteiger charge is -2.00. The molecule has 0 saturated carbocycles. The third-order valence-electron chi connectivity index (χ3n) is 4.40. The highest BCUT2D eigenvalue weighted by Gasteiger charge is 2.12. The Morgan fingerprint density at radius 1 is 1.13 bits per heavy atom. The van der Waals surface area contributed by atoms with E-state index >= 15 is 0 Å². The van der Waals surface area contributed by atoms with Gasteiger partial charge >= 0.3 is 0 Å². The SMILES string of the molecule is COc1ccc(-c2noc(CCC(=O)Nc3ncc(Cc4ccccc4)s3)n2)cc1. The molecule has 2 aromatic heterocycles. The van der Waals surface area contributed by atoms with Gasteiger partial charge in [-0.05, 0) is 29.8 Å². The number of carbonyl (C=O) groups is 1. The minimum Gasteiger partial charge on any atom is -0.497 e. The largest absolute Gasteiger partial charge is 0.497 e. The van der Waals surface area contributed by atoms with E-state index < -0.39 is 0 Å². The van der Waals surface area contributed by atoms with Crippen molar-refractivity contribution < 1.29 is 14.1 Å². The number of carbonyl (C=O) groups excluding carboxylic acids is 1. The first-order valence-electron chi connectivity index (χ1n) is 9.45. The lowest BCUT2D eigenvalue weighted by atomic mass is 10.1. The number of aromatic nitrogens is 3. The monoisotopic (exact) mass is 420 g/mol. The van der Waals surface area contributed by atoms with Crippen LogP contribution in [0.2, 0.25) is 0 Å². The minimum atomic E-state index is -0.139. The molecule has 0 saturated heterocycles. The number of thiazole rings is 1. The van der Waals surface area contributed by atoms with Crippen molar-refractivity contribution in [1.29, 1.82) is 0 Å². The van der Waals surface area contributed by atoms with E-state index in [0.29, 0.717) is 23.3 Å². The molecule has 0 spiro atoms. The average molecular weight is 420 g/mol. The maximum atomic E-state index is 12.3. The number of methoxy groups -OCH3 is 1. The second-order valence-electron chi connectivity index (χ2n) is 6.58. The van der Waals surface area contributed by atoms with Crippen molar-refractivity contribution in [2.45, 2.75) is 19.3 Å². The average Bonchev–Trinajstić information content (AvgIpc) is 3.43. The number of nitrogens with one attached hydrogen (secondary N) is 1. The van der Waals surface area contributed by atoms with Crippen molar-refractivity contribution in [1.82, 2.24) is 15.1 Å². The van der Waals surface area contributed by atoms with E-state index in [-0.39, 0.29) is 12.3 Å². The summed E-state index contributed by atoms with van der Waals surface area (Å²) in [5.41, 5.74) is 2.03. The molecule has 0 radical (unpaired) electrons. The van der Waals surface area contributed by atoms with Crippen molar-refractivity contribution in [2.24, 2.45) is 0 Å². The first kappa shape index (κ1) is 19.8. The highest BCUT2D eigenvalue weighted by Crippen LogP contribution is 2.22. The molecule has 2 heterocycles. The summed E-state index contributed by atoms with van der Waals surface area (Å²) in [6.45, 7) is 0. The Hall–Kier alpha value is -3.52. The molecule has 152 valence electrons. The Bertz CT molecular complexity index is 1110. The van der Waals surface area contributed by atoms with Gasteiger partial charge < -0.3 is 14.6 Å². The van der Waals surface area contributed by atoms with Crippen molar-refractivity contribution >= 4 is 22.4 Å². The summed E-state index contributed by atoms with van der Waals surface area (Å²) in [5, 5.41) is 7.41. The van der Waals surface area contributed by atoms with Crippen LogP contribution in [-0.2, 0) is 17.6 Å². The van der Waals surface area contributed by atoms with Crippen LogP contribution < -0.4 is 10.1 Å². The molecule has 0 bridgehead atoms. The van der Waals surface area contributed by atoms with E-state index in [1.807, 2.05) is 42.5 Å². The zero-order valence-electron chi connectivity index (χ0n) is 16.4. The van der Waals surface area contributed by atoms with Crippen molar-refractivity contribution in [3.63, 3.8) is 0 Å². The van der Waals surface area contributed by atoms with Gasteiger partial charge in [0, 0.05) is 35.9 Å². The number of rotatable bonds is 8. The van der Waals surface area contributed by atoms with E-state index in [9.17, 15) is 4.79 Å². The first-order valence-corrected chi connectivity index (χ1v) is 10.3. The molecule has 7 nitrogen and oxygen atoms in total. The van der Waals surface area contributed by atoms with Crippen LogP contribution in [-0.4, -0.2) is 28.1 Å². The van der Waals surface area contributed by atoms with E-state index in [0.717, 1.165) is 22.6 Å².